The van der Waals surface area contributed by atoms with Crippen LogP contribution in [-0.2, 0) is 9.59 Å². The maximum Gasteiger partial charge on any atom is 0.317 e. The van der Waals surface area contributed by atoms with Gasteiger partial charge in [-0.3, -0.25) is 9.59 Å². The lowest BCUT2D eigenvalue weighted by Gasteiger charge is -2.06. The molecule has 0 spiro atoms. The van der Waals surface area contributed by atoms with Gasteiger partial charge in [0, 0.05) is 0 Å². The number of thiazole rings is 1. The molecule has 0 saturated heterocycles. The molecule has 2 aromatic rings. The number of rotatable bonds is 5. The number of carboxylic acid groups (broad SMARTS) is 2. The number of benzene rings is 1. The van der Waals surface area contributed by atoms with E-state index in [0.29, 0.717) is 4.34 Å². The summed E-state index contributed by atoms with van der Waals surface area (Å²) in [6.07, 6.45) is -0.422. The highest BCUT2D eigenvalue weighted by Gasteiger charge is 2.24. The number of hydrogen-bond acceptors (Lipinski definition) is 5. The van der Waals surface area contributed by atoms with E-state index < -0.39 is 23.6 Å². The van der Waals surface area contributed by atoms with Gasteiger partial charge in [-0.2, -0.15) is 0 Å². The summed E-state index contributed by atoms with van der Waals surface area (Å²) in [7, 11) is 0. The molecule has 0 aliphatic carbocycles. The van der Waals surface area contributed by atoms with E-state index in [9.17, 15) is 9.59 Å². The van der Waals surface area contributed by atoms with Crippen molar-refractivity contribution >= 4 is 45.3 Å². The van der Waals surface area contributed by atoms with Gasteiger partial charge < -0.3 is 10.2 Å². The first-order valence-electron chi connectivity index (χ1n) is 5.45. The number of hydrogen-bond donors (Lipinski definition) is 2. The molecule has 100 valence electrons. The van der Waals surface area contributed by atoms with Gasteiger partial charge in [0.15, 0.2) is 4.34 Å². The van der Waals surface area contributed by atoms with Crippen molar-refractivity contribution in [3.63, 3.8) is 0 Å². The highest BCUT2D eigenvalue weighted by molar-refractivity contribution is 8.02. The average molecular weight is 297 g/mol. The van der Waals surface area contributed by atoms with Crippen molar-refractivity contribution in [3.05, 3.63) is 23.8 Å². The molecule has 1 heterocycles. The van der Waals surface area contributed by atoms with Crippen molar-refractivity contribution in [1.82, 2.24) is 4.98 Å². The fourth-order valence-corrected chi connectivity index (χ4v) is 3.88. The average Bonchev–Trinajstić information content (AvgIpc) is 2.71. The van der Waals surface area contributed by atoms with Gasteiger partial charge in [0.25, 0.3) is 0 Å². The smallest absolute Gasteiger partial charge is 0.317 e. The van der Waals surface area contributed by atoms with Crippen LogP contribution in [0.1, 0.15) is 12.0 Å². The van der Waals surface area contributed by atoms with Gasteiger partial charge in [0.1, 0.15) is 5.25 Å². The van der Waals surface area contributed by atoms with Crippen LogP contribution in [0.5, 0.6) is 0 Å². The van der Waals surface area contributed by atoms with E-state index in [1.165, 1.54) is 11.3 Å². The molecular weight excluding hydrogens is 286 g/mol. The Morgan fingerprint density at radius 1 is 1.42 bits per heavy atom. The lowest BCUT2D eigenvalue weighted by atomic mass is 10.2. The van der Waals surface area contributed by atoms with Gasteiger partial charge in [0.05, 0.1) is 16.6 Å². The first-order valence-corrected chi connectivity index (χ1v) is 7.14. The van der Waals surface area contributed by atoms with Crippen molar-refractivity contribution in [2.24, 2.45) is 0 Å². The normalized spacial score (nSPS) is 12.5. The molecule has 19 heavy (non-hydrogen) atoms. The first kappa shape index (κ1) is 13.8. The maximum atomic E-state index is 11.0. The zero-order chi connectivity index (χ0) is 14.0. The molecule has 1 unspecified atom stereocenters. The van der Waals surface area contributed by atoms with Gasteiger partial charge in [-0.1, -0.05) is 23.9 Å². The predicted molar refractivity (Wildman–Crippen MR) is 73.9 cm³/mol. The van der Waals surface area contributed by atoms with Crippen LogP contribution in [0, 0.1) is 6.92 Å². The Bertz CT molecular complexity index is 638. The number of carboxylic acids is 2. The Labute approximate surface area is 117 Å². The fourth-order valence-electron chi connectivity index (χ4n) is 1.58. The van der Waals surface area contributed by atoms with E-state index in [-0.39, 0.29) is 0 Å². The van der Waals surface area contributed by atoms with Crippen LogP contribution in [0.4, 0.5) is 0 Å². The molecule has 2 rings (SSSR count). The third kappa shape index (κ3) is 3.24. The topological polar surface area (TPSA) is 87.5 Å². The molecule has 0 saturated carbocycles. The number of thioether (sulfide) groups is 1. The van der Waals surface area contributed by atoms with Gasteiger partial charge in [-0.25, -0.2) is 4.98 Å². The number of aryl methyl sites for hydroxylation is 1. The van der Waals surface area contributed by atoms with Crippen molar-refractivity contribution in [3.8, 4) is 0 Å². The van der Waals surface area contributed by atoms with Crippen LogP contribution in [0.25, 0.3) is 10.2 Å². The SMILES string of the molecule is Cc1cccc2sc(SC(CC(=O)O)C(=O)O)nc12. The quantitative estimate of drug-likeness (QED) is 0.825. The number of para-hydroxylation sites is 1. The van der Waals surface area contributed by atoms with Gasteiger partial charge in [-0.05, 0) is 18.6 Å². The molecule has 1 aromatic heterocycles. The zero-order valence-corrected chi connectivity index (χ0v) is 11.6. The van der Waals surface area contributed by atoms with E-state index in [1.807, 2.05) is 25.1 Å². The lowest BCUT2D eigenvalue weighted by Crippen LogP contribution is -2.20. The molecule has 0 aliphatic heterocycles. The summed E-state index contributed by atoms with van der Waals surface area (Å²) in [6, 6.07) is 5.76. The third-order valence-corrected chi connectivity index (χ3v) is 4.78. The highest BCUT2D eigenvalue weighted by atomic mass is 32.2. The molecular formula is C12H11NO4S2. The second-order valence-electron chi connectivity index (χ2n) is 3.94. The number of aromatic nitrogens is 1. The molecule has 2 N–H and O–H groups in total. The maximum absolute atomic E-state index is 11.0. The van der Waals surface area contributed by atoms with Crippen LogP contribution >= 0.6 is 23.1 Å². The van der Waals surface area contributed by atoms with Gasteiger partial charge in [-0.15, -0.1) is 11.3 Å². The fraction of sp³-hybridized carbons (Fsp3) is 0.250. The van der Waals surface area contributed by atoms with Crippen molar-refractivity contribution in [2.45, 2.75) is 22.9 Å². The third-order valence-electron chi connectivity index (χ3n) is 2.48. The summed E-state index contributed by atoms with van der Waals surface area (Å²) in [4.78, 5) is 26.0. The lowest BCUT2D eigenvalue weighted by molar-refractivity contribution is -0.142. The Morgan fingerprint density at radius 3 is 2.74 bits per heavy atom. The molecule has 7 heteroatoms. The zero-order valence-electron chi connectivity index (χ0n) is 9.99. The predicted octanol–water partition coefficient (Wildman–Crippen LogP) is 2.62. The van der Waals surface area contributed by atoms with Crippen LogP contribution in [0.15, 0.2) is 22.5 Å². The van der Waals surface area contributed by atoms with E-state index in [4.69, 9.17) is 10.2 Å². The van der Waals surface area contributed by atoms with E-state index >= 15 is 0 Å². The summed E-state index contributed by atoms with van der Waals surface area (Å²) in [5, 5.41) is 16.7. The monoisotopic (exact) mass is 297 g/mol. The standard InChI is InChI=1S/C12H11NO4S2/c1-6-3-2-4-7-10(6)13-12(18-7)19-8(11(16)17)5-9(14)15/h2-4,8H,5H2,1H3,(H,14,15)(H,16,17). The summed E-state index contributed by atoms with van der Waals surface area (Å²) < 4.78 is 1.56. The summed E-state index contributed by atoms with van der Waals surface area (Å²) in [6.45, 7) is 1.93. The van der Waals surface area contributed by atoms with E-state index in [2.05, 4.69) is 4.98 Å². The molecule has 0 fully saturated rings. The second-order valence-corrected chi connectivity index (χ2v) is 6.42. The first-order chi connectivity index (χ1) is 8.97. The Morgan fingerprint density at radius 2 is 2.16 bits per heavy atom. The summed E-state index contributed by atoms with van der Waals surface area (Å²) in [5.41, 5.74) is 1.86. The van der Waals surface area contributed by atoms with Crippen LogP contribution in [0.3, 0.4) is 0 Å². The highest BCUT2D eigenvalue weighted by Crippen LogP contribution is 2.34. The summed E-state index contributed by atoms with van der Waals surface area (Å²) >= 11 is 2.37. The van der Waals surface area contributed by atoms with Gasteiger partial charge >= 0.3 is 11.9 Å². The summed E-state index contributed by atoms with van der Waals surface area (Å²) in [5.74, 6) is -2.26. The van der Waals surface area contributed by atoms with Crippen molar-refractivity contribution < 1.29 is 19.8 Å². The minimum absolute atomic E-state index is 0.422. The number of aliphatic carboxylic acids is 2. The number of nitrogens with zero attached hydrogens (tertiary/aromatic N) is 1. The Hall–Kier alpha value is -1.60. The van der Waals surface area contributed by atoms with Crippen LogP contribution < -0.4 is 0 Å². The van der Waals surface area contributed by atoms with Crippen molar-refractivity contribution in [1.29, 1.82) is 0 Å². The minimum Gasteiger partial charge on any atom is -0.481 e. The molecule has 5 nitrogen and oxygen atoms in total. The second kappa shape index (κ2) is 5.58. The van der Waals surface area contributed by atoms with Crippen LogP contribution in [0.2, 0.25) is 0 Å². The Kier molecular flexibility index (Phi) is 4.06. The molecule has 0 aliphatic rings. The van der Waals surface area contributed by atoms with E-state index in [1.54, 1.807) is 0 Å². The molecule has 0 radical (unpaired) electrons. The molecule has 0 amide bonds. The largest absolute Gasteiger partial charge is 0.481 e. The molecule has 0 bridgehead atoms. The van der Waals surface area contributed by atoms with Gasteiger partial charge in [0.2, 0.25) is 0 Å². The molecule has 1 aromatic carbocycles. The van der Waals surface area contributed by atoms with Crippen LogP contribution in [-0.4, -0.2) is 32.4 Å². The van der Waals surface area contributed by atoms with Crippen molar-refractivity contribution in [2.75, 3.05) is 0 Å². The minimum atomic E-state index is -1.14. The number of fused-ring (bicyclic) bond motifs is 1. The van der Waals surface area contributed by atoms with E-state index in [0.717, 1.165) is 27.5 Å². The molecule has 1 atom stereocenters. The Balaban J connectivity index is 2.26. The number of carbonyl (C=O) groups is 2.